The Hall–Kier alpha value is -6.78. The van der Waals surface area contributed by atoms with Gasteiger partial charge in [0.05, 0.1) is 0 Å². The molecule has 0 bridgehead atoms. The van der Waals surface area contributed by atoms with Gasteiger partial charge in [-0.2, -0.15) is 0 Å². The number of fused-ring (bicyclic) bond motifs is 6. The van der Waals surface area contributed by atoms with E-state index in [4.69, 9.17) is 0 Å². The lowest BCUT2D eigenvalue weighted by molar-refractivity contribution is 1.28. The van der Waals surface area contributed by atoms with Crippen LogP contribution >= 0.6 is 22.7 Å². The van der Waals surface area contributed by atoms with Gasteiger partial charge in [-0.3, -0.25) is 0 Å². The minimum Gasteiger partial charge on any atom is -0.310 e. The Balaban J connectivity index is 1.04. The van der Waals surface area contributed by atoms with Gasteiger partial charge in [-0.15, -0.1) is 22.7 Å². The highest BCUT2D eigenvalue weighted by Gasteiger charge is 2.17. The van der Waals surface area contributed by atoms with Gasteiger partial charge in [0.2, 0.25) is 0 Å². The lowest BCUT2D eigenvalue weighted by Gasteiger charge is -2.27. The summed E-state index contributed by atoms with van der Waals surface area (Å²) in [6.07, 6.45) is 0. The highest BCUT2D eigenvalue weighted by molar-refractivity contribution is 7.26. The van der Waals surface area contributed by atoms with Crippen LogP contribution < -0.4 is 4.90 Å². The molecule has 0 amide bonds. The van der Waals surface area contributed by atoms with E-state index in [1.807, 2.05) is 22.7 Å². The summed E-state index contributed by atoms with van der Waals surface area (Å²) in [4.78, 5) is 2.40. The number of anilines is 3. The van der Waals surface area contributed by atoms with Crippen LogP contribution in [0.5, 0.6) is 0 Å². The van der Waals surface area contributed by atoms with Gasteiger partial charge in [0.25, 0.3) is 0 Å². The van der Waals surface area contributed by atoms with E-state index in [0.29, 0.717) is 0 Å². The Morgan fingerprint density at radius 1 is 0.228 bits per heavy atom. The Morgan fingerprint density at radius 2 is 0.596 bits per heavy atom. The highest BCUT2D eigenvalue weighted by Crippen LogP contribution is 2.43. The van der Waals surface area contributed by atoms with Crippen molar-refractivity contribution >= 4 is 80.1 Å². The SMILES string of the molecule is c1ccc(-c2cc(-c3ccccc3)cc(N(c3ccc(-c4ccc5sc6ccccc6c5c4)cc3)c3ccc(-c4ccc5sc6ccccc6c5c4)cc3)c2)cc1. The van der Waals surface area contributed by atoms with E-state index in [1.54, 1.807) is 0 Å². The maximum Gasteiger partial charge on any atom is 0.0473 e. The van der Waals surface area contributed by atoms with E-state index in [-0.39, 0.29) is 0 Å². The summed E-state index contributed by atoms with van der Waals surface area (Å²) in [6, 6.07) is 77.7. The predicted octanol–water partition coefficient (Wildman–Crippen LogP) is 16.6. The highest BCUT2D eigenvalue weighted by atomic mass is 32.1. The second-order valence-electron chi connectivity index (χ2n) is 14.5. The lowest BCUT2D eigenvalue weighted by atomic mass is 9.97. The summed E-state index contributed by atoms with van der Waals surface area (Å²) in [5.74, 6) is 0. The second kappa shape index (κ2) is 14.1. The molecule has 0 radical (unpaired) electrons. The molecular formula is C54H35NS2. The molecule has 268 valence electrons. The van der Waals surface area contributed by atoms with Gasteiger partial charge in [0.15, 0.2) is 0 Å². The Labute approximate surface area is 340 Å². The standard InChI is InChI=1S/C54H35NS2/c1-3-11-36(12-4-1)42-31-43(37-13-5-2-6-14-37)33-46(32-42)55(44-25-19-38(20-26-44)40-23-29-53-49(34-40)47-15-7-9-17-51(47)56-53)45-27-21-39(22-28-45)41-24-30-54-50(35-41)48-16-8-10-18-52(48)57-54/h1-35H. The molecule has 0 unspecified atom stereocenters. The van der Waals surface area contributed by atoms with Crippen molar-refractivity contribution < 1.29 is 0 Å². The van der Waals surface area contributed by atoms with E-state index in [2.05, 4.69) is 217 Å². The zero-order valence-corrected chi connectivity index (χ0v) is 32.6. The van der Waals surface area contributed by atoms with Gasteiger partial charge in [-0.1, -0.05) is 133 Å². The van der Waals surface area contributed by atoms with Gasteiger partial charge in [-0.25, -0.2) is 0 Å². The summed E-state index contributed by atoms with van der Waals surface area (Å²) >= 11 is 3.72. The van der Waals surface area contributed by atoms with Gasteiger partial charge < -0.3 is 4.90 Å². The van der Waals surface area contributed by atoms with E-state index in [9.17, 15) is 0 Å². The maximum absolute atomic E-state index is 2.40. The number of nitrogens with zero attached hydrogens (tertiary/aromatic N) is 1. The van der Waals surface area contributed by atoms with Crippen molar-refractivity contribution in [2.45, 2.75) is 0 Å². The first-order valence-corrected chi connectivity index (χ1v) is 20.9. The first kappa shape index (κ1) is 33.5. The van der Waals surface area contributed by atoms with Crippen molar-refractivity contribution in [1.29, 1.82) is 0 Å². The molecule has 3 heteroatoms. The van der Waals surface area contributed by atoms with Crippen LogP contribution in [0.2, 0.25) is 0 Å². The van der Waals surface area contributed by atoms with Crippen molar-refractivity contribution in [2.75, 3.05) is 4.90 Å². The molecule has 0 saturated carbocycles. The Bertz CT molecular complexity index is 3000. The maximum atomic E-state index is 2.40. The third-order valence-corrected chi connectivity index (χ3v) is 13.4. The number of hydrogen-bond acceptors (Lipinski definition) is 3. The Morgan fingerprint density at radius 3 is 1.05 bits per heavy atom. The van der Waals surface area contributed by atoms with Crippen LogP contribution in [0.1, 0.15) is 0 Å². The molecule has 0 aliphatic carbocycles. The van der Waals surface area contributed by atoms with Gasteiger partial charge in [0.1, 0.15) is 0 Å². The molecule has 11 rings (SSSR count). The number of rotatable bonds is 7. The fourth-order valence-corrected chi connectivity index (χ4v) is 10.4. The van der Waals surface area contributed by atoms with Crippen LogP contribution in [0.25, 0.3) is 84.9 Å². The molecule has 11 aromatic rings. The average molecular weight is 762 g/mol. The third-order valence-electron chi connectivity index (χ3n) is 11.1. The van der Waals surface area contributed by atoms with Crippen LogP contribution in [0.3, 0.4) is 0 Å². The summed E-state index contributed by atoms with van der Waals surface area (Å²) in [5, 5.41) is 5.27. The van der Waals surface area contributed by atoms with Crippen LogP contribution in [0.4, 0.5) is 17.1 Å². The summed E-state index contributed by atoms with van der Waals surface area (Å²) in [6.45, 7) is 0. The smallest absolute Gasteiger partial charge is 0.0473 e. The quantitative estimate of drug-likeness (QED) is 0.156. The Kier molecular flexibility index (Phi) is 8.28. The fourth-order valence-electron chi connectivity index (χ4n) is 8.20. The van der Waals surface area contributed by atoms with E-state index >= 15 is 0 Å². The molecule has 2 aromatic heterocycles. The minimum absolute atomic E-state index is 1.10. The molecule has 0 aliphatic rings. The first-order valence-electron chi connectivity index (χ1n) is 19.3. The lowest BCUT2D eigenvalue weighted by Crippen LogP contribution is -2.10. The van der Waals surface area contributed by atoms with Crippen LogP contribution in [0.15, 0.2) is 212 Å². The molecule has 57 heavy (non-hydrogen) atoms. The first-order chi connectivity index (χ1) is 28.2. The van der Waals surface area contributed by atoms with Gasteiger partial charge >= 0.3 is 0 Å². The zero-order valence-electron chi connectivity index (χ0n) is 31.0. The topological polar surface area (TPSA) is 3.24 Å². The minimum atomic E-state index is 1.10. The van der Waals surface area contributed by atoms with Crippen molar-refractivity contribution in [3.05, 3.63) is 212 Å². The zero-order chi connectivity index (χ0) is 37.7. The van der Waals surface area contributed by atoms with Gasteiger partial charge in [0, 0.05) is 57.4 Å². The van der Waals surface area contributed by atoms with Crippen molar-refractivity contribution in [2.24, 2.45) is 0 Å². The molecule has 1 nitrogen and oxygen atoms in total. The number of hydrogen-bond donors (Lipinski definition) is 0. The number of benzene rings is 9. The normalized spacial score (nSPS) is 11.5. The second-order valence-corrected chi connectivity index (χ2v) is 16.7. The van der Waals surface area contributed by atoms with E-state index < -0.39 is 0 Å². The van der Waals surface area contributed by atoms with Crippen LogP contribution in [-0.2, 0) is 0 Å². The number of thiophene rings is 2. The molecule has 0 N–H and O–H groups in total. The molecule has 0 fully saturated rings. The summed E-state index contributed by atoms with van der Waals surface area (Å²) in [5.41, 5.74) is 12.9. The van der Waals surface area contributed by atoms with Crippen molar-refractivity contribution in [3.63, 3.8) is 0 Å². The third kappa shape index (κ3) is 6.18. The largest absolute Gasteiger partial charge is 0.310 e. The molecule has 9 aromatic carbocycles. The molecule has 0 atom stereocenters. The monoisotopic (exact) mass is 761 g/mol. The van der Waals surface area contributed by atoms with Crippen LogP contribution in [0, 0.1) is 0 Å². The fraction of sp³-hybridized carbons (Fsp3) is 0. The molecular weight excluding hydrogens is 727 g/mol. The van der Waals surface area contributed by atoms with Crippen molar-refractivity contribution in [1.82, 2.24) is 0 Å². The molecule has 0 spiro atoms. The average Bonchev–Trinajstić information content (AvgIpc) is 3.85. The molecule has 2 heterocycles. The van der Waals surface area contributed by atoms with E-state index in [1.165, 1.54) is 84.9 Å². The van der Waals surface area contributed by atoms with Crippen LogP contribution in [-0.4, -0.2) is 0 Å². The summed E-state index contributed by atoms with van der Waals surface area (Å²) < 4.78 is 5.30. The predicted molar refractivity (Wildman–Crippen MR) is 249 cm³/mol. The van der Waals surface area contributed by atoms with Gasteiger partial charge in [-0.05, 0) is 123 Å². The summed E-state index contributed by atoms with van der Waals surface area (Å²) in [7, 11) is 0. The molecule has 0 aliphatic heterocycles. The van der Waals surface area contributed by atoms with E-state index in [0.717, 1.165) is 17.1 Å². The molecule has 0 saturated heterocycles. The van der Waals surface area contributed by atoms with Crippen molar-refractivity contribution in [3.8, 4) is 44.5 Å².